The Bertz CT molecular complexity index is 1530. The molecule has 0 bridgehead atoms. The Balaban J connectivity index is 1.62. The van der Waals surface area contributed by atoms with Crippen LogP contribution in [0.1, 0.15) is 22.3 Å². The SMILES string of the molecule is [C-]#[N+]c1ccc(N2c3ccccc3C3(c4ccccc4-c4ccccc43)c3ccccc32)cc1. The second kappa shape index (κ2) is 6.94. The average molecular weight is 433 g/mol. The van der Waals surface area contributed by atoms with E-state index in [2.05, 4.69) is 119 Å². The van der Waals surface area contributed by atoms with E-state index < -0.39 is 0 Å². The number of benzene rings is 5. The topological polar surface area (TPSA) is 7.60 Å². The summed E-state index contributed by atoms with van der Waals surface area (Å²) < 4.78 is 0. The maximum absolute atomic E-state index is 7.35. The normalized spacial score (nSPS) is 14.0. The first-order valence-electron chi connectivity index (χ1n) is 11.5. The van der Waals surface area contributed by atoms with Crippen LogP contribution >= 0.6 is 0 Å². The first kappa shape index (κ1) is 18.9. The molecule has 2 nitrogen and oxygen atoms in total. The zero-order valence-corrected chi connectivity index (χ0v) is 18.4. The summed E-state index contributed by atoms with van der Waals surface area (Å²) >= 11 is 0. The van der Waals surface area contributed by atoms with Crippen molar-refractivity contribution in [1.82, 2.24) is 0 Å². The molecule has 34 heavy (non-hydrogen) atoms. The highest BCUT2D eigenvalue weighted by Gasteiger charge is 2.51. The standard InChI is InChI=1S/C32H20N2/c1-33-22-18-20-23(21-19-22)34-30-16-8-6-14-28(30)32(29-15-7-9-17-31(29)34)26-12-4-2-10-24(26)25-11-3-5-13-27(25)32/h2-21H. The highest BCUT2D eigenvalue weighted by Crippen LogP contribution is 2.63. The predicted molar refractivity (Wildman–Crippen MR) is 138 cm³/mol. The zero-order chi connectivity index (χ0) is 22.7. The molecule has 0 amide bonds. The molecule has 0 N–H and O–H groups in total. The van der Waals surface area contributed by atoms with Crippen molar-refractivity contribution in [1.29, 1.82) is 0 Å². The highest BCUT2D eigenvalue weighted by molar-refractivity contribution is 5.95. The van der Waals surface area contributed by atoms with Gasteiger partial charge in [-0.25, -0.2) is 4.85 Å². The molecule has 0 unspecified atom stereocenters. The lowest BCUT2D eigenvalue weighted by Crippen LogP contribution is -2.36. The largest absolute Gasteiger partial charge is 0.310 e. The Morgan fingerprint density at radius 2 is 0.941 bits per heavy atom. The Hall–Kier alpha value is -4.61. The summed E-state index contributed by atoms with van der Waals surface area (Å²) in [6.07, 6.45) is 0. The fourth-order valence-electron chi connectivity index (χ4n) is 6.02. The maximum Gasteiger partial charge on any atom is 0.187 e. The van der Waals surface area contributed by atoms with Crippen molar-refractivity contribution < 1.29 is 0 Å². The van der Waals surface area contributed by atoms with E-state index in [1.807, 2.05) is 12.1 Å². The minimum atomic E-state index is -0.382. The number of rotatable bonds is 1. The average Bonchev–Trinajstić information content (AvgIpc) is 3.21. The second-order valence-corrected chi connectivity index (χ2v) is 8.84. The third-order valence-corrected chi connectivity index (χ3v) is 7.29. The van der Waals surface area contributed by atoms with Gasteiger partial charge in [-0.05, 0) is 57.6 Å². The van der Waals surface area contributed by atoms with Crippen LogP contribution in [0.3, 0.4) is 0 Å². The van der Waals surface area contributed by atoms with Gasteiger partial charge in [-0.3, -0.25) is 0 Å². The molecule has 7 rings (SSSR count). The van der Waals surface area contributed by atoms with Crippen molar-refractivity contribution in [2.45, 2.75) is 5.41 Å². The number of para-hydroxylation sites is 2. The predicted octanol–water partition coefficient (Wildman–Crippen LogP) is 8.38. The molecule has 0 aromatic heterocycles. The summed E-state index contributed by atoms with van der Waals surface area (Å²) in [4.78, 5) is 5.93. The van der Waals surface area contributed by atoms with Crippen LogP contribution < -0.4 is 4.90 Å². The molecule has 5 aromatic carbocycles. The summed E-state index contributed by atoms with van der Waals surface area (Å²) in [5.74, 6) is 0. The molecule has 0 radical (unpaired) electrons. The van der Waals surface area contributed by atoms with Crippen molar-refractivity contribution in [3.05, 3.63) is 155 Å². The summed E-state index contributed by atoms with van der Waals surface area (Å²) in [5, 5.41) is 0. The molecule has 0 saturated carbocycles. The quantitative estimate of drug-likeness (QED) is 0.236. The fourth-order valence-corrected chi connectivity index (χ4v) is 6.02. The molecule has 1 aliphatic heterocycles. The van der Waals surface area contributed by atoms with Crippen LogP contribution in [-0.4, -0.2) is 0 Å². The van der Waals surface area contributed by atoms with Crippen LogP contribution in [0.4, 0.5) is 22.7 Å². The van der Waals surface area contributed by atoms with Crippen LogP contribution in [0.2, 0.25) is 0 Å². The number of anilines is 3. The number of hydrogen-bond donors (Lipinski definition) is 0. The summed E-state index contributed by atoms with van der Waals surface area (Å²) in [5.41, 5.74) is 11.5. The minimum absolute atomic E-state index is 0.382. The van der Waals surface area contributed by atoms with Gasteiger partial charge in [0.1, 0.15) is 0 Å². The first-order valence-corrected chi connectivity index (χ1v) is 11.5. The minimum Gasteiger partial charge on any atom is -0.310 e. The van der Waals surface area contributed by atoms with Crippen molar-refractivity contribution in [3.63, 3.8) is 0 Å². The molecule has 158 valence electrons. The highest BCUT2D eigenvalue weighted by atomic mass is 15.2. The van der Waals surface area contributed by atoms with Crippen LogP contribution in [0.5, 0.6) is 0 Å². The van der Waals surface area contributed by atoms with Gasteiger partial charge in [-0.2, -0.15) is 0 Å². The van der Waals surface area contributed by atoms with E-state index >= 15 is 0 Å². The van der Waals surface area contributed by atoms with Crippen LogP contribution in [0.15, 0.2) is 121 Å². The van der Waals surface area contributed by atoms with Gasteiger partial charge in [0, 0.05) is 5.69 Å². The van der Waals surface area contributed by atoms with E-state index in [0.717, 1.165) is 5.69 Å². The Labute approximate surface area is 199 Å². The van der Waals surface area contributed by atoms with E-state index in [-0.39, 0.29) is 5.41 Å². The van der Waals surface area contributed by atoms with Gasteiger partial charge in [-0.15, -0.1) is 0 Å². The molecular weight excluding hydrogens is 412 g/mol. The Kier molecular flexibility index (Phi) is 3.86. The van der Waals surface area contributed by atoms with Crippen LogP contribution in [0.25, 0.3) is 16.0 Å². The monoisotopic (exact) mass is 432 g/mol. The van der Waals surface area contributed by atoms with Gasteiger partial charge in [0.05, 0.1) is 23.4 Å². The molecule has 5 aromatic rings. The zero-order valence-electron chi connectivity index (χ0n) is 18.4. The molecule has 0 fully saturated rings. The smallest absolute Gasteiger partial charge is 0.187 e. The third kappa shape index (κ3) is 2.28. The number of nitrogens with zero attached hydrogens (tertiary/aromatic N) is 2. The summed E-state index contributed by atoms with van der Waals surface area (Å²) in [7, 11) is 0. The number of hydrogen-bond acceptors (Lipinski definition) is 1. The van der Waals surface area contributed by atoms with Gasteiger partial charge < -0.3 is 4.90 Å². The van der Waals surface area contributed by atoms with E-state index in [0.29, 0.717) is 5.69 Å². The summed E-state index contributed by atoms with van der Waals surface area (Å²) in [6.45, 7) is 7.35. The molecule has 0 saturated heterocycles. The molecule has 1 heterocycles. The van der Waals surface area contributed by atoms with Crippen molar-refractivity contribution in [2.24, 2.45) is 0 Å². The third-order valence-electron chi connectivity index (χ3n) is 7.29. The lowest BCUT2D eigenvalue weighted by molar-refractivity contribution is 0.752. The van der Waals surface area contributed by atoms with Gasteiger partial charge in [0.25, 0.3) is 0 Å². The van der Waals surface area contributed by atoms with Gasteiger partial charge in [-0.1, -0.05) is 97.1 Å². The first-order chi connectivity index (χ1) is 16.8. The van der Waals surface area contributed by atoms with E-state index in [9.17, 15) is 0 Å². The fraction of sp³-hybridized carbons (Fsp3) is 0.0312. The maximum atomic E-state index is 7.35. The Morgan fingerprint density at radius 1 is 0.500 bits per heavy atom. The van der Waals surface area contributed by atoms with E-state index in [1.54, 1.807) is 0 Å². The van der Waals surface area contributed by atoms with Crippen LogP contribution in [-0.2, 0) is 5.41 Å². The second-order valence-electron chi connectivity index (χ2n) is 8.84. The van der Waals surface area contributed by atoms with Gasteiger partial charge in [0.15, 0.2) is 5.69 Å². The lowest BCUT2D eigenvalue weighted by Gasteiger charge is -2.45. The van der Waals surface area contributed by atoms with Crippen LogP contribution in [0, 0.1) is 6.57 Å². The van der Waals surface area contributed by atoms with Gasteiger partial charge in [0.2, 0.25) is 0 Å². The van der Waals surface area contributed by atoms with Crippen molar-refractivity contribution in [2.75, 3.05) is 4.90 Å². The molecule has 2 aliphatic rings. The molecule has 1 aliphatic carbocycles. The molecule has 1 spiro atoms. The van der Waals surface area contributed by atoms with E-state index in [4.69, 9.17) is 6.57 Å². The molecular formula is C32H20N2. The number of fused-ring (bicyclic) bond motifs is 9. The molecule has 0 atom stereocenters. The molecule has 2 heteroatoms. The summed E-state index contributed by atoms with van der Waals surface area (Å²) in [6, 6.07) is 43.1. The van der Waals surface area contributed by atoms with E-state index in [1.165, 1.54) is 44.8 Å². The van der Waals surface area contributed by atoms with Gasteiger partial charge >= 0.3 is 0 Å². The van der Waals surface area contributed by atoms with Crippen molar-refractivity contribution in [3.8, 4) is 11.1 Å². The van der Waals surface area contributed by atoms with Crippen molar-refractivity contribution >= 4 is 22.7 Å². The lowest BCUT2D eigenvalue weighted by atomic mass is 9.64. The Morgan fingerprint density at radius 3 is 1.44 bits per heavy atom.